The van der Waals surface area contributed by atoms with E-state index in [1.807, 2.05) is 0 Å². The zero-order chi connectivity index (χ0) is 19.9. The second-order valence-corrected chi connectivity index (χ2v) is 8.56. The third-order valence-electron chi connectivity index (χ3n) is 4.79. The van der Waals surface area contributed by atoms with E-state index >= 15 is 0 Å². The van der Waals surface area contributed by atoms with Crippen LogP contribution in [-0.2, 0) is 26.2 Å². The lowest BCUT2D eigenvalue weighted by atomic mass is 10.1. The van der Waals surface area contributed by atoms with Crippen molar-refractivity contribution >= 4 is 33.4 Å². The highest BCUT2D eigenvalue weighted by molar-refractivity contribution is 7.90. The minimum atomic E-state index is -3.77. The summed E-state index contributed by atoms with van der Waals surface area (Å²) in [5.74, 6) is -0.696. The predicted molar refractivity (Wildman–Crippen MR) is 101 cm³/mol. The van der Waals surface area contributed by atoms with Crippen LogP contribution in [0.4, 0.5) is 4.39 Å². The smallest absolute Gasteiger partial charge is 0.329 e. The van der Waals surface area contributed by atoms with Crippen LogP contribution in [0.2, 0.25) is 5.02 Å². The Morgan fingerprint density at radius 2 is 2.07 bits per heavy atom. The van der Waals surface area contributed by atoms with Gasteiger partial charge in [-0.05, 0) is 37.1 Å². The van der Waals surface area contributed by atoms with Gasteiger partial charge in [0.25, 0.3) is 10.0 Å². The third kappa shape index (κ3) is 3.38. The summed E-state index contributed by atoms with van der Waals surface area (Å²) in [7, 11) is -3.77. The summed E-state index contributed by atoms with van der Waals surface area (Å²) in [5, 5.41) is 0.177. The van der Waals surface area contributed by atoms with Crippen LogP contribution in [0.3, 0.4) is 0 Å². The van der Waals surface area contributed by atoms with Gasteiger partial charge in [-0.1, -0.05) is 29.8 Å². The molecule has 6 nitrogen and oxygen atoms in total. The Kier molecular flexibility index (Phi) is 4.84. The Morgan fingerprint density at radius 1 is 1.29 bits per heavy atom. The number of hydrogen-bond acceptors (Lipinski definition) is 5. The van der Waals surface area contributed by atoms with Crippen LogP contribution in [0.15, 0.2) is 51.8 Å². The fourth-order valence-electron chi connectivity index (χ4n) is 3.44. The standard InChI is InChI=1S/C19H16ClFN2O4S/c20-15-10-13(21)8-7-12(15)11-27-19(24)16-5-3-9-23(16)18-14-4-1-2-6-17(14)28(25,26)22-18/h1-2,4,6-8,10,16H,3,5,9,11H2/t16-/m0/s1. The number of carbonyl (C=O) groups is 1. The predicted octanol–water partition coefficient (Wildman–Crippen LogP) is 3.14. The molecule has 2 aliphatic heterocycles. The van der Waals surface area contributed by atoms with E-state index in [0.717, 1.165) is 6.07 Å². The molecule has 0 aliphatic carbocycles. The number of carbonyl (C=O) groups excluding carboxylic acids is 1. The molecule has 146 valence electrons. The van der Waals surface area contributed by atoms with Gasteiger partial charge in [0.2, 0.25) is 0 Å². The maximum absolute atomic E-state index is 13.1. The molecular weight excluding hydrogens is 407 g/mol. The number of sulfonamides is 1. The number of ether oxygens (including phenoxy) is 1. The zero-order valence-electron chi connectivity index (χ0n) is 14.6. The summed E-state index contributed by atoms with van der Waals surface area (Å²) >= 11 is 5.97. The maximum atomic E-state index is 13.1. The Morgan fingerprint density at radius 3 is 2.86 bits per heavy atom. The van der Waals surface area contributed by atoms with Crippen LogP contribution < -0.4 is 0 Å². The molecule has 0 saturated carbocycles. The van der Waals surface area contributed by atoms with Crippen LogP contribution in [0, 0.1) is 5.82 Å². The highest BCUT2D eigenvalue weighted by Crippen LogP contribution is 2.31. The van der Waals surface area contributed by atoms with Crippen molar-refractivity contribution in [2.24, 2.45) is 4.40 Å². The van der Waals surface area contributed by atoms with E-state index < -0.39 is 27.9 Å². The number of halogens is 2. The lowest BCUT2D eigenvalue weighted by Gasteiger charge is -2.25. The minimum Gasteiger partial charge on any atom is -0.459 e. The van der Waals surface area contributed by atoms with Gasteiger partial charge in [-0.25, -0.2) is 9.18 Å². The molecule has 1 fully saturated rings. The highest BCUT2D eigenvalue weighted by atomic mass is 35.5. The molecule has 0 radical (unpaired) electrons. The Bertz CT molecular complexity index is 1090. The van der Waals surface area contributed by atoms with E-state index in [-0.39, 0.29) is 22.4 Å². The molecule has 28 heavy (non-hydrogen) atoms. The number of hydrogen-bond donors (Lipinski definition) is 0. The first-order chi connectivity index (χ1) is 13.4. The molecule has 9 heteroatoms. The number of likely N-dealkylation sites (tertiary alicyclic amines) is 1. The molecule has 0 unspecified atom stereocenters. The number of benzene rings is 2. The van der Waals surface area contributed by atoms with Crippen LogP contribution in [-0.4, -0.2) is 37.7 Å². The van der Waals surface area contributed by atoms with Gasteiger partial charge in [0.15, 0.2) is 5.84 Å². The molecular formula is C19H16ClFN2O4S. The quantitative estimate of drug-likeness (QED) is 0.710. The van der Waals surface area contributed by atoms with Crippen molar-refractivity contribution in [2.75, 3.05) is 6.54 Å². The van der Waals surface area contributed by atoms with Gasteiger partial charge < -0.3 is 9.64 Å². The van der Waals surface area contributed by atoms with Crippen LogP contribution >= 0.6 is 11.6 Å². The minimum absolute atomic E-state index is 0.0936. The number of amidine groups is 1. The first-order valence-corrected chi connectivity index (χ1v) is 10.5. The summed E-state index contributed by atoms with van der Waals surface area (Å²) in [6, 6.07) is 9.76. The number of nitrogens with zero attached hydrogens (tertiary/aromatic N) is 2. The second-order valence-electron chi connectivity index (χ2n) is 6.58. The number of rotatable bonds is 3. The van der Waals surface area contributed by atoms with Gasteiger partial charge >= 0.3 is 5.97 Å². The largest absolute Gasteiger partial charge is 0.459 e. The molecule has 0 N–H and O–H groups in total. The molecule has 2 aliphatic rings. The molecule has 0 aromatic heterocycles. The fraction of sp³-hybridized carbons (Fsp3) is 0.263. The summed E-state index contributed by atoms with van der Waals surface area (Å²) in [6.07, 6.45) is 1.23. The molecule has 4 rings (SSSR count). The molecule has 0 bridgehead atoms. The highest BCUT2D eigenvalue weighted by Gasteiger charge is 2.39. The van der Waals surface area contributed by atoms with Crippen molar-refractivity contribution in [3.8, 4) is 0 Å². The van der Waals surface area contributed by atoms with Crippen molar-refractivity contribution in [2.45, 2.75) is 30.4 Å². The van der Waals surface area contributed by atoms with E-state index in [4.69, 9.17) is 16.3 Å². The Balaban J connectivity index is 1.53. The average molecular weight is 423 g/mol. The monoisotopic (exact) mass is 422 g/mol. The lowest BCUT2D eigenvalue weighted by molar-refractivity contribution is -0.149. The van der Waals surface area contributed by atoms with Crippen molar-refractivity contribution in [3.63, 3.8) is 0 Å². The first kappa shape index (κ1) is 18.9. The molecule has 2 aromatic rings. The number of fused-ring (bicyclic) bond motifs is 1. The van der Waals surface area contributed by atoms with E-state index in [1.54, 1.807) is 23.1 Å². The van der Waals surface area contributed by atoms with Gasteiger partial charge in [0, 0.05) is 17.7 Å². The van der Waals surface area contributed by atoms with Gasteiger partial charge in [-0.3, -0.25) is 0 Å². The third-order valence-corrected chi connectivity index (χ3v) is 6.47. The maximum Gasteiger partial charge on any atom is 0.329 e. The second kappa shape index (κ2) is 7.18. The Labute approximate surface area is 166 Å². The van der Waals surface area contributed by atoms with Crippen molar-refractivity contribution in [3.05, 3.63) is 64.4 Å². The van der Waals surface area contributed by atoms with Gasteiger partial charge in [-0.2, -0.15) is 8.42 Å². The fourth-order valence-corrected chi connectivity index (χ4v) is 4.88. The van der Waals surface area contributed by atoms with Crippen molar-refractivity contribution < 1.29 is 22.3 Å². The van der Waals surface area contributed by atoms with E-state index in [1.165, 1.54) is 18.2 Å². The zero-order valence-corrected chi connectivity index (χ0v) is 16.2. The van der Waals surface area contributed by atoms with Crippen LogP contribution in [0.5, 0.6) is 0 Å². The summed E-state index contributed by atoms with van der Waals surface area (Å²) in [4.78, 5) is 14.5. The molecule has 2 aromatic carbocycles. The molecule has 0 spiro atoms. The normalized spacial score (nSPS) is 20.0. The van der Waals surface area contributed by atoms with Gasteiger partial charge in [-0.15, -0.1) is 4.40 Å². The lowest BCUT2D eigenvalue weighted by Crippen LogP contribution is -2.41. The van der Waals surface area contributed by atoms with Crippen LogP contribution in [0.25, 0.3) is 0 Å². The topological polar surface area (TPSA) is 76.0 Å². The van der Waals surface area contributed by atoms with Crippen LogP contribution in [0.1, 0.15) is 24.0 Å². The summed E-state index contributed by atoms with van der Waals surface area (Å²) in [6.45, 7) is 0.406. The summed E-state index contributed by atoms with van der Waals surface area (Å²) in [5.41, 5.74) is 0.982. The van der Waals surface area contributed by atoms with Gasteiger partial charge in [0.1, 0.15) is 23.4 Å². The van der Waals surface area contributed by atoms with E-state index in [0.29, 0.717) is 30.5 Å². The molecule has 2 heterocycles. The molecule has 0 amide bonds. The van der Waals surface area contributed by atoms with E-state index in [2.05, 4.69) is 4.40 Å². The van der Waals surface area contributed by atoms with E-state index in [9.17, 15) is 17.6 Å². The molecule has 1 saturated heterocycles. The average Bonchev–Trinajstić information content (AvgIpc) is 3.24. The van der Waals surface area contributed by atoms with Gasteiger partial charge in [0.05, 0.1) is 5.02 Å². The first-order valence-electron chi connectivity index (χ1n) is 8.68. The summed E-state index contributed by atoms with van der Waals surface area (Å²) < 4.78 is 47.0. The number of esters is 1. The van der Waals surface area contributed by atoms with Crippen molar-refractivity contribution in [1.29, 1.82) is 0 Å². The Hall–Kier alpha value is -2.45. The molecule has 1 atom stereocenters. The van der Waals surface area contributed by atoms with Crippen molar-refractivity contribution in [1.82, 2.24) is 4.90 Å². The SMILES string of the molecule is O=C(OCc1ccc(F)cc1Cl)[C@@H]1CCCN1C1=NS(=O)(=O)c2ccccc21.